The molecule has 0 unspecified atom stereocenters. The van der Waals surface area contributed by atoms with Gasteiger partial charge < -0.3 is 4.52 Å². The van der Waals surface area contributed by atoms with Gasteiger partial charge in [0.25, 0.3) is 0 Å². The number of hydrogen-bond acceptors (Lipinski definition) is 6. The van der Waals surface area contributed by atoms with Gasteiger partial charge in [0.05, 0.1) is 5.75 Å². The summed E-state index contributed by atoms with van der Waals surface area (Å²) in [5.41, 5.74) is 1.03. The van der Waals surface area contributed by atoms with E-state index in [0.717, 1.165) is 23.1 Å². The molecule has 0 N–H and O–H groups in total. The average molecular weight is 315 g/mol. The summed E-state index contributed by atoms with van der Waals surface area (Å²) in [6.45, 7) is 4.26. The fourth-order valence-corrected chi connectivity index (χ4v) is 2.78. The van der Waals surface area contributed by atoms with Crippen molar-refractivity contribution in [1.29, 1.82) is 0 Å². The molecule has 0 amide bonds. The van der Waals surface area contributed by atoms with Crippen molar-refractivity contribution in [2.45, 2.75) is 31.2 Å². The Morgan fingerprint density at radius 1 is 1.23 bits per heavy atom. The molecule has 2 aromatic heterocycles. The maximum absolute atomic E-state index is 5.27. The van der Waals surface area contributed by atoms with Crippen LogP contribution in [0.5, 0.6) is 0 Å². The highest BCUT2D eigenvalue weighted by atomic mass is 32.2. The first-order valence-corrected chi connectivity index (χ1v) is 8.10. The quantitative estimate of drug-likeness (QED) is 0.651. The number of thioether (sulfide) groups is 1. The molecule has 3 rings (SSSR count). The van der Waals surface area contributed by atoms with E-state index >= 15 is 0 Å². The highest BCUT2D eigenvalue weighted by molar-refractivity contribution is 7.98. The van der Waals surface area contributed by atoms with Gasteiger partial charge in [-0.25, -0.2) is 0 Å². The van der Waals surface area contributed by atoms with Crippen LogP contribution >= 0.6 is 11.8 Å². The first-order valence-electron chi connectivity index (χ1n) is 7.12. The SMILES string of the molecule is CC(C)Cc1noc(CSc2nncn2-c2ccccc2)n1. The lowest BCUT2D eigenvalue weighted by molar-refractivity contribution is 0.382. The molecule has 3 aromatic rings. The Labute approximate surface area is 133 Å². The molecule has 0 aliphatic carbocycles. The molecule has 114 valence electrons. The van der Waals surface area contributed by atoms with Gasteiger partial charge in [-0.3, -0.25) is 4.57 Å². The molecule has 0 spiro atoms. The summed E-state index contributed by atoms with van der Waals surface area (Å²) in [5.74, 6) is 2.47. The van der Waals surface area contributed by atoms with Gasteiger partial charge in [0.1, 0.15) is 6.33 Å². The van der Waals surface area contributed by atoms with Crippen molar-refractivity contribution in [2.24, 2.45) is 5.92 Å². The summed E-state index contributed by atoms with van der Waals surface area (Å²) < 4.78 is 7.21. The summed E-state index contributed by atoms with van der Waals surface area (Å²) in [6, 6.07) is 9.98. The second kappa shape index (κ2) is 6.74. The Kier molecular flexibility index (Phi) is 4.53. The van der Waals surface area contributed by atoms with Crippen molar-refractivity contribution >= 4 is 11.8 Å². The highest BCUT2D eigenvalue weighted by Crippen LogP contribution is 2.22. The average Bonchev–Trinajstić information content (AvgIpc) is 3.14. The second-order valence-electron chi connectivity index (χ2n) is 5.31. The minimum absolute atomic E-state index is 0.513. The molecule has 0 radical (unpaired) electrons. The van der Waals surface area contributed by atoms with Gasteiger partial charge >= 0.3 is 0 Å². The molecular weight excluding hydrogens is 298 g/mol. The normalized spacial score (nSPS) is 11.2. The van der Waals surface area contributed by atoms with E-state index in [1.165, 1.54) is 11.8 Å². The number of rotatable bonds is 6. The van der Waals surface area contributed by atoms with Crippen LogP contribution in [0, 0.1) is 5.92 Å². The van der Waals surface area contributed by atoms with Crippen molar-refractivity contribution in [3.05, 3.63) is 48.4 Å². The molecule has 7 heteroatoms. The fourth-order valence-electron chi connectivity index (χ4n) is 2.01. The monoisotopic (exact) mass is 315 g/mol. The summed E-state index contributed by atoms with van der Waals surface area (Å²) in [4.78, 5) is 4.40. The number of hydrogen-bond donors (Lipinski definition) is 0. The Morgan fingerprint density at radius 2 is 2.05 bits per heavy atom. The van der Waals surface area contributed by atoms with Gasteiger partial charge in [0.2, 0.25) is 5.89 Å². The molecule has 1 aromatic carbocycles. The standard InChI is InChI=1S/C15H17N5OS/c1-11(2)8-13-17-14(21-19-13)9-22-15-18-16-10-20(15)12-6-4-3-5-7-12/h3-7,10-11H,8-9H2,1-2H3. The van der Waals surface area contributed by atoms with Crippen LogP contribution < -0.4 is 0 Å². The lowest BCUT2D eigenvalue weighted by Crippen LogP contribution is -1.96. The van der Waals surface area contributed by atoms with Crippen LogP contribution in [0.25, 0.3) is 5.69 Å². The van der Waals surface area contributed by atoms with Crippen molar-refractivity contribution in [3.63, 3.8) is 0 Å². The summed E-state index contributed by atoms with van der Waals surface area (Å²) in [7, 11) is 0. The second-order valence-corrected chi connectivity index (χ2v) is 6.25. The number of benzene rings is 1. The molecule has 6 nitrogen and oxygen atoms in total. The molecule has 0 saturated carbocycles. The van der Waals surface area contributed by atoms with Crippen LogP contribution in [-0.4, -0.2) is 24.9 Å². The molecule has 0 aliphatic rings. The Hall–Kier alpha value is -2.15. The molecule has 0 fully saturated rings. The van der Waals surface area contributed by atoms with Gasteiger partial charge in [0.15, 0.2) is 11.0 Å². The zero-order valence-electron chi connectivity index (χ0n) is 12.5. The van der Waals surface area contributed by atoms with E-state index in [2.05, 4.69) is 34.2 Å². The van der Waals surface area contributed by atoms with Crippen LogP contribution in [-0.2, 0) is 12.2 Å². The third-order valence-electron chi connectivity index (χ3n) is 2.98. The molecular formula is C15H17N5OS. The number of para-hydroxylation sites is 1. The Morgan fingerprint density at radius 3 is 2.82 bits per heavy atom. The molecule has 0 bridgehead atoms. The van der Waals surface area contributed by atoms with Crippen LogP contribution in [0.1, 0.15) is 25.6 Å². The van der Waals surface area contributed by atoms with Gasteiger partial charge in [-0.15, -0.1) is 10.2 Å². The smallest absolute Gasteiger partial charge is 0.237 e. The van der Waals surface area contributed by atoms with Gasteiger partial charge in [-0.05, 0) is 18.1 Å². The van der Waals surface area contributed by atoms with E-state index in [1.807, 2.05) is 34.9 Å². The van der Waals surface area contributed by atoms with Crippen LogP contribution in [0.4, 0.5) is 0 Å². The third kappa shape index (κ3) is 3.54. The van der Waals surface area contributed by atoms with E-state index in [4.69, 9.17) is 4.52 Å². The maximum atomic E-state index is 5.27. The summed E-state index contributed by atoms with van der Waals surface area (Å²) in [6.07, 6.45) is 2.53. The predicted octanol–water partition coefficient (Wildman–Crippen LogP) is 3.14. The van der Waals surface area contributed by atoms with Gasteiger partial charge in [0, 0.05) is 12.1 Å². The largest absolute Gasteiger partial charge is 0.338 e. The predicted molar refractivity (Wildman–Crippen MR) is 83.8 cm³/mol. The Balaban J connectivity index is 1.68. The van der Waals surface area contributed by atoms with Crippen LogP contribution in [0.2, 0.25) is 0 Å². The molecule has 22 heavy (non-hydrogen) atoms. The Bertz CT molecular complexity index is 722. The van der Waals surface area contributed by atoms with Crippen molar-refractivity contribution < 1.29 is 4.52 Å². The molecule has 0 atom stereocenters. The van der Waals surface area contributed by atoms with E-state index in [-0.39, 0.29) is 0 Å². The minimum Gasteiger partial charge on any atom is -0.338 e. The lowest BCUT2D eigenvalue weighted by Gasteiger charge is -2.04. The topological polar surface area (TPSA) is 69.6 Å². The fraction of sp³-hybridized carbons (Fsp3) is 0.333. The minimum atomic E-state index is 0.513. The first-order chi connectivity index (χ1) is 10.7. The molecule has 0 saturated heterocycles. The van der Waals surface area contributed by atoms with Crippen molar-refractivity contribution in [2.75, 3.05) is 0 Å². The lowest BCUT2D eigenvalue weighted by atomic mass is 10.1. The van der Waals surface area contributed by atoms with E-state index < -0.39 is 0 Å². The van der Waals surface area contributed by atoms with Crippen molar-refractivity contribution in [3.8, 4) is 5.69 Å². The number of aromatic nitrogens is 5. The summed E-state index contributed by atoms with van der Waals surface area (Å²) >= 11 is 1.53. The van der Waals surface area contributed by atoms with Crippen LogP contribution in [0.15, 0.2) is 46.3 Å². The van der Waals surface area contributed by atoms with E-state index in [1.54, 1.807) is 6.33 Å². The van der Waals surface area contributed by atoms with Crippen LogP contribution in [0.3, 0.4) is 0 Å². The maximum Gasteiger partial charge on any atom is 0.237 e. The van der Waals surface area contributed by atoms with Gasteiger partial charge in [-0.1, -0.05) is 49.0 Å². The number of nitrogens with zero attached hydrogens (tertiary/aromatic N) is 5. The highest BCUT2D eigenvalue weighted by Gasteiger charge is 2.12. The van der Waals surface area contributed by atoms with E-state index in [9.17, 15) is 0 Å². The van der Waals surface area contributed by atoms with Crippen molar-refractivity contribution in [1.82, 2.24) is 24.9 Å². The zero-order valence-corrected chi connectivity index (χ0v) is 13.3. The first kappa shape index (κ1) is 14.8. The third-order valence-corrected chi connectivity index (χ3v) is 3.90. The molecule has 2 heterocycles. The summed E-state index contributed by atoms with van der Waals surface area (Å²) in [5, 5.41) is 12.9. The van der Waals surface area contributed by atoms with E-state index in [0.29, 0.717) is 17.6 Å². The zero-order chi connectivity index (χ0) is 15.4. The molecule has 0 aliphatic heterocycles. The van der Waals surface area contributed by atoms with Gasteiger partial charge in [-0.2, -0.15) is 4.98 Å².